The third-order valence-electron chi connectivity index (χ3n) is 1.49. The van der Waals surface area contributed by atoms with Crippen LogP contribution in [0.15, 0.2) is 29.2 Å². The summed E-state index contributed by atoms with van der Waals surface area (Å²) in [5.74, 6) is 0. The lowest BCUT2D eigenvalue weighted by Gasteiger charge is -1.97. The van der Waals surface area contributed by atoms with E-state index in [1.807, 2.05) is 24.3 Å². The molecule has 0 saturated heterocycles. The highest BCUT2D eigenvalue weighted by Gasteiger charge is 1.95. The van der Waals surface area contributed by atoms with Crippen molar-refractivity contribution in [1.29, 1.82) is 0 Å². The van der Waals surface area contributed by atoms with E-state index < -0.39 is 10.8 Å². The van der Waals surface area contributed by atoms with Gasteiger partial charge in [-0.3, -0.25) is 4.21 Å². The highest BCUT2D eigenvalue weighted by atomic mass is 35.5. The zero-order valence-corrected chi connectivity index (χ0v) is 8.45. The highest BCUT2D eigenvalue weighted by Crippen LogP contribution is 2.06. The largest absolute Gasteiger partial charge is 0.326 e. The molecule has 0 aliphatic carbocycles. The van der Waals surface area contributed by atoms with Crippen molar-refractivity contribution >= 4 is 23.2 Å². The number of nitrogens with two attached hydrogens (primary N) is 1. The smallest absolute Gasteiger partial charge is 0.0498 e. The maximum Gasteiger partial charge on any atom is 0.0498 e. The van der Waals surface area contributed by atoms with Crippen LogP contribution in [0.4, 0.5) is 0 Å². The van der Waals surface area contributed by atoms with Crippen molar-refractivity contribution < 1.29 is 4.21 Å². The van der Waals surface area contributed by atoms with Crippen LogP contribution < -0.4 is 5.73 Å². The zero-order chi connectivity index (χ0) is 8.27. The van der Waals surface area contributed by atoms with Crippen LogP contribution in [-0.4, -0.2) is 10.5 Å². The highest BCUT2D eigenvalue weighted by molar-refractivity contribution is 7.84. The van der Waals surface area contributed by atoms with Gasteiger partial charge in [0.25, 0.3) is 0 Å². The number of benzene rings is 1. The fourth-order valence-electron chi connectivity index (χ4n) is 0.817. The minimum absolute atomic E-state index is 0. The molecule has 12 heavy (non-hydrogen) atoms. The first kappa shape index (κ1) is 11.6. The molecule has 2 nitrogen and oxygen atoms in total. The van der Waals surface area contributed by atoms with E-state index in [0.29, 0.717) is 6.54 Å². The van der Waals surface area contributed by atoms with Crippen LogP contribution >= 0.6 is 12.4 Å². The molecular formula is C8H12ClNOS. The Hall–Kier alpha value is -0.380. The molecular weight excluding hydrogens is 194 g/mol. The van der Waals surface area contributed by atoms with Gasteiger partial charge >= 0.3 is 0 Å². The van der Waals surface area contributed by atoms with Crippen LogP contribution in [-0.2, 0) is 17.3 Å². The first-order chi connectivity index (χ1) is 5.24. The molecule has 0 aliphatic heterocycles. The molecule has 0 amide bonds. The predicted octanol–water partition coefficient (Wildman–Crippen LogP) is 1.30. The molecule has 68 valence electrons. The Morgan fingerprint density at radius 1 is 1.33 bits per heavy atom. The molecule has 2 N–H and O–H groups in total. The number of hydrogen-bond donors (Lipinski definition) is 1. The van der Waals surface area contributed by atoms with Crippen LogP contribution in [0.2, 0.25) is 0 Å². The second kappa shape index (κ2) is 5.30. The van der Waals surface area contributed by atoms with Gasteiger partial charge in [-0.05, 0) is 17.7 Å². The van der Waals surface area contributed by atoms with Gasteiger partial charge in [0.2, 0.25) is 0 Å². The Bertz CT molecular complexity index is 260. The fourth-order valence-corrected chi connectivity index (χ4v) is 1.34. The average Bonchev–Trinajstić information content (AvgIpc) is 2.05. The van der Waals surface area contributed by atoms with Crippen LogP contribution in [0.25, 0.3) is 0 Å². The molecule has 0 aromatic heterocycles. The van der Waals surface area contributed by atoms with Crippen LogP contribution in [0.3, 0.4) is 0 Å². The predicted molar refractivity (Wildman–Crippen MR) is 53.9 cm³/mol. The molecule has 0 heterocycles. The third kappa shape index (κ3) is 2.93. The molecule has 1 unspecified atom stereocenters. The van der Waals surface area contributed by atoms with E-state index in [2.05, 4.69) is 0 Å². The normalized spacial score (nSPS) is 11.8. The number of rotatable bonds is 2. The summed E-state index contributed by atoms with van der Waals surface area (Å²) in [5, 5.41) is 0. The van der Waals surface area contributed by atoms with Crippen molar-refractivity contribution in [2.75, 3.05) is 6.26 Å². The van der Waals surface area contributed by atoms with Crippen molar-refractivity contribution in [3.05, 3.63) is 29.8 Å². The van der Waals surface area contributed by atoms with Gasteiger partial charge in [0.05, 0.1) is 0 Å². The third-order valence-corrected chi connectivity index (χ3v) is 2.43. The summed E-state index contributed by atoms with van der Waals surface area (Å²) in [7, 11) is -0.880. The quantitative estimate of drug-likeness (QED) is 0.791. The summed E-state index contributed by atoms with van der Waals surface area (Å²) < 4.78 is 10.9. The first-order valence-corrected chi connectivity index (χ1v) is 4.92. The van der Waals surface area contributed by atoms with E-state index in [4.69, 9.17) is 5.73 Å². The molecule has 1 aromatic carbocycles. The van der Waals surface area contributed by atoms with E-state index in [9.17, 15) is 4.21 Å². The van der Waals surface area contributed by atoms with Gasteiger partial charge in [-0.1, -0.05) is 12.1 Å². The topological polar surface area (TPSA) is 43.1 Å². The van der Waals surface area contributed by atoms with E-state index >= 15 is 0 Å². The maximum absolute atomic E-state index is 10.9. The zero-order valence-electron chi connectivity index (χ0n) is 6.82. The van der Waals surface area contributed by atoms with Crippen LogP contribution in [0, 0.1) is 0 Å². The second-order valence-electron chi connectivity index (χ2n) is 2.30. The summed E-state index contributed by atoms with van der Waals surface area (Å²) >= 11 is 0. The lowest BCUT2D eigenvalue weighted by Crippen LogP contribution is -1.96. The molecule has 0 fully saturated rings. The molecule has 4 heteroatoms. The molecule has 0 radical (unpaired) electrons. The van der Waals surface area contributed by atoms with Gasteiger partial charge in [-0.2, -0.15) is 0 Å². The SMILES string of the molecule is CS(=O)c1ccc(CN)cc1.Cl. The van der Waals surface area contributed by atoms with Crippen molar-refractivity contribution in [3.63, 3.8) is 0 Å². The molecule has 1 aromatic rings. The Morgan fingerprint density at radius 3 is 2.17 bits per heavy atom. The lowest BCUT2D eigenvalue weighted by atomic mass is 10.2. The van der Waals surface area contributed by atoms with E-state index in [-0.39, 0.29) is 12.4 Å². The molecule has 1 atom stereocenters. The number of hydrogen-bond acceptors (Lipinski definition) is 2. The molecule has 0 spiro atoms. The van der Waals surface area contributed by atoms with Gasteiger partial charge in [0.15, 0.2) is 0 Å². The Balaban J connectivity index is 0.00000121. The molecule has 1 rings (SSSR count). The fraction of sp³-hybridized carbons (Fsp3) is 0.250. The van der Waals surface area contributed by atoms with Gasteiger partial charge in [-0.25, -0.2) is 0 Å². The second-order valence-corrected chi connectivity index (χ2v) is 3.68. The monoisotopic (exact) mass is 205 g/mol. The minimum Gasteiger partial charge on any atom is -0.326 e. The van der Waals surface area contributed by atoms with Gasteiger partial charge in [0, 0.05) is 28.5 Å². The molecule has 0 saturated carbocycles. The summed E-state index contributed by atoms with van der Waals surface area (Å²) in [6.45, 7) is 0.538. The summed E-state index contributed by atoms with van der Waals surface area (Å²) in [6, 6.07) is 7.49. The summed E-state index contributed by atoms with van der Waals surface area (Å²) in [5.41, 5.74) is 6.47. The molecule has 0 aliphatic rings. The van der Waals surface area contributed by atoms with E-state index in [1.54, 1.807) is 6.26 Å². The van der Waals surface area contributed by atoms with Gasteiger partial charge in [0.1, 0.15) is 0 Å². The Labute approximate surface area is 81.0 Å². The average molecular weight is 206 g/mol. The van der Waals surface area contributed by atoms with Gasteiger partial charge < -0.3 is 5.73 Å². The lowest BCUT2D eigenvalue weighted by molar-refractivity contribution is 0.687. The van der Waals surface area contributed by atoms with Crippen LogP contribution in [0.1, 0.15) is 5.56 Å². The van der Waals surface area contributed by atoms with Crippen molar-refractivity contribution in [3.8, 4) is 0 Å². The Morgan fingerprint density at radius 2 is 1.83 bits per heavy atom. The van der Waals surface area contributed by atoms with E-state index in [1.165, 1.54) is 0 Å². The molecule has 0 bridgehead atoms. The first-order valence-electron chi connectivity index (χ1n) is 3.36. The minimum atomic E-state index is -0.880. The van der Waals surface area contributed by atoms with Crippen molar-refractivity contribution in [2.45, 2.75) is 11.4 Å². The van der Waals surface area contributed by atoms with Crippen molar-refractivity contribution in [1.82, 2.24) is 0 Å². The Kier molecular flexibility index (Phi) is 5.13. The van der Waals surface area contributed by atoms with Gasteiger partial charge in [-0.15, -0.1) is 12.4 Å². The van der Waals surface area contributed by atoms with Crippen molar-refractivity contribution in [2.24, 2.45) is 5.73 Å². The summed E-state index contributed by atoms with van der Waals surface area (Å²) in [6.07, 6.45) is 1.66. The van der Waals surface area contributed by atoms with E-state index in [0.717, 1.165) is 10.5 Å². The maximum atomic E-state index is 10.9. The standard InChI is InChI=1S/C8H11NOS.ClH/c1-11(10)8-4-2-7(6-9)3-5-8;/h2-5H,6,9H2,1H3;1H. The summed E-state index contributed by atoms with van der Waals surface area (Å²) in [4.78, 5) is 0.849. The van der Waals surface area contributed by atoms with Crippen LogP contribution in [0.5, 0.6) is 0 Å². The number of halogens is 1.